The standard InChI is InChI=1S/C30H39N3O4/c1-8-36-25-14-20-16-33(28(31)21(20)11-19(25)15-26(35)32-7)17-24(34)18-12-22(29(2,3)4)27-23(13-18)30(5,6)9-10-37-27/h11-14,31H,8-10,15-17H2,1-7H3,(H,32,35). The molecule has 2 aromatic carbocycles. The van der Waals surface area contributed by atoms with Gasteiger partial charge in [0.2, 0.25) is 5.91 Å². The second kappa shape index (κ2) is 9.84. The second-order valence-corrected chi connectivity index (χ2v) is 11.7. The summed E-state index contributed by atoms with van der Waals surface area (Å²) in [7, 11) is 1.60. The molecule has 2 heterocycles. The number of Topliss-reactive ketones (excluding diaryl/α,β-unsaturated/α-hetero) is 1. The molecule has 0 aromatic heterocycles. The van der Waals surface area contributed by atoms with Crippen molar-refractivity contribution in [1.29, 1.82) is 5.41 Å². The van der Waals surface area contributed by atoms with Crippen LogP contribution < -0.4 is 14.8 Å². The van der Waals surface area contributed by atoms with Gasteiger partial charge >= 0.3 is 0 Å². The molecule has 0 spiro atoms. The van der Waals surface area contributed by atoms with Crippen LogP contribution >= 0.6 is 0 Å². The van der Waals surface area contributed by atoms with E-state index in [-0.39, 0.29) is 35.5 Å². The smallest absolute Gasteiger partial charge is 0.224 e. The Labute approximate surface area is 220 Å². The molecule has 0 saturated carbocycles. The molecule has 1 amide bonds. The Morgan fingerprint density at radius 3 is 2.57 bits per heavy atom. The topological polar surface area (TPSA) is 91.7 Å². The predicted molar refractivity (Wildman–Crippen MR) is 145 cm³/mol. The molecule has 0 atom stereocenters. The number of ether oxygens (including phenoxy) is 2. The van der Waals surface area contributed by atoms with Crippen LogP contribution in [-0.4, -0.2) is 49.2 Å². The lowest BCUT2D eigenvalue weighted by Crippen LogP contribution is -2.32. The minimum Gasteiger partial charge on any atom is -0.494 e. The van der Waals surface area contributed by atoms with Crippen molar-refractivity contribution in [2.24, 2.45) is 0 Å². The van der Waals surface area contributed by atoms with Gasteiger partial charge in [-0.1, -0.05) is 34.6 Å². The summed E-state index contributed by atoms with van der Waals surface area (Å²) in [5, 5.41) is 11.5. The SMILES string of the molecule is CCOc1cc2c(cc1CC(=O)NC)C(=N)N(CC(=O)c1cc(C(C)(C)C)c3c(c1)C(C)(C)CCO3)C2. The third-order valence-electron chi connectivity index (χ3n) is 7.40. The second-order valence-electron chi connectivity index (χ2n) is 11.7. The van der Waals surface area contributed by atoms with E-state index in [1.807, 2.05) is 31.2 Å². The lowest BCUT2D eigenvalue weighted by Gasteiger charge is -2.36. The first-order valence-electron chi connectivity index (χ1n) is 13.0. The van der Waals surface area contributed by atoms with Gasteiger partial charge in [0.15, 0.2) is 5.78 Å². The van der Waals surface area contributed by atoms with Crippen molar-refractivity contribution in [3.05, 3.63) is 57.6 Å². The maximum absolute atomic E-state index is 13.6. The maximum atomic E-state index is 13.6. The molecular formula is C30H39N3O4. The molecule has 198 valence electrons. The average Bonchev–Trinajstić information content (AvgIpc) is 3.12. The molecule has 37 heavy (non-hydrogen) atoms. The van der Waals surface area contributed by atoms with E-state index in [9.17, 15) is 9.59 Å². The van der Waals surface area contributed by atoms with Gasteiger partial charge in [0.1, 0.15) is 17.3 Å². The highest BCUT2D eigenvalue weighted by Crippen LogP contribution is 2.45. The van der Waals surface area contributed by atoms with Crippen molar-refractivity contribution in [3.8, 4) is 11.5 Å². The van der Waals surface area contributed by atoms with E-state index in [4.69, 9.17) is 14.9 Å². The zero-order chi connectivity index (χ0) is 27.1. The van der Waals surface area contributed by atoms with E-state index < -0.39 is 0 Å². The summed E-state index contributed by atoms with van der Waals surface area (Å²) in [6, 6.07) is 7.74. The van der Waals surface area contributed by atoms with Gasteiger partial charge in [0.05, 0.1) is 26.2 Å². The number of carbonyl (C=O) groups excluding carboxylic acids is 2. The Morgan fingerprint density at radius 1 is 1.19 bits per heavy atom. The van der Waals surface area contributed by atoms with Crippen LogP contribution in [0.15, 0.2) is 24.3 Å². The van der Waals surface area contributed by atoms with Gasteiger partial charge in [0, 0.05) is 41.4 Å². The number of hydrogen-bond acceptors (Lipinski definition) is 5. The molecule has 2 aliphatic heterocycles. The van der Waals surface area contributed by atoms with Crippen LogP contribution in [0, 0.1) is 5.41 Å². The van der Waals surface area contributed by atoms with E-state index in [2.05, 4.69) is 39.9 Å². The number of likely N-dealkylation sites (N-methyl/N-ethyl adjacent to an activating group) is 1. The van der Waals surface area contributed by atoms with Gasteiger partial charge < -0.3 is 19.7 Å². The minimum atomic E-state index is -0.179. The Kier molecular flexibility index (Phi) is 7.10. The molecular weight excluding hydrogens is 466 g/mol. The monoisotopic (exact) mass is 505 g/mol. The normalized spacial score (nSPS) is 16.1. The van der Waals surface area contributed by atoms with E-state index in [0.717, 1.165) is 40.0 Å². The number of fused-ring (bicyclic) bond motifs is 2. The number of amidine groups is 1. The summed E-state index contributed by atoms with van der Waals surface area (Å²) in [6.45, 7) is 14.4. The van der Waals surface area contributed by atoms with Crippen molar-refractivity contribution in [2.45, 2.75) is 71.8 Å². The Morgan fingerprint density at radius 2 is 1.92 bits per heavy atom. The number of amides is 1. The first kappa shape index (κ1) is 26.7. The number of rotatable bonds is 7. The number of ketones is 1. The van der Waals surface area contributed by atoms with Gasteiger partial charge in [-0.3, -0.25) is 15.0 Å². The molecule has 0 saturated heterocycles. The third-order valence-corrected chi connectivity index (χ3v) is 7.40. The number of hydrogen-bond donors (Lipinski definition) is 2. The fraction of sp³-hybridized carbons (Fsp3) is 0.500. The number of nitrogens with zero attached hydrogens (tertiary/aromatic N) is 1. The van der Waals surface area contributed by atoms with Gasteiger partial charge in [-0.15, -0.1) is 0 Å². The molecule has 0 fully saturated rings. The van der Waals surface area contributed by atoms with Crippen LogP contribution in [0.3, 0.4) is 0 Å². The van der Waals surface area contributed by atoms with Crippen LogP contribution in [0.2, 0.25) is 0 Å². The lowest BCUT2D eigenvalue weighted by molar-refractivity contribution is -0.119. The Balaban J connectivity index is 1.64. The van der Waals surface area contributed by atoms with E-state index >= 15 is 0 Å². The predicted octanol–water partition coefficient (Wildman–Crippen LogP) is 4.76. The number of benzene rings is 2. The molecule has 2 aromatic rings. The fourth-order valence-corrected chi connectivity index (χ4v) is 5.11. The molecule has 0 bridgehead atoms. The van der Waals surface area contributed by atoms with Crippen molar-refractivity contribution < 1.29 is 19.1 Å². The summed E-state index contributed by atoms with van der Waals surface area (Å²) in [6.07, 6.45) is 1.07. The molecule has 0 unspecified atom stereocenters. The number of carbonyl (C=O) groups is 2. The van der Waals surface area contributed by atoms with Gasteiger partial charge in [0.25, 0.3) is 0 Å². The highest BCUT2D eigenvalue weighted by Gasteiger charge is 2.35. The van der Waals surface area contributed by atoms with Gasteiger partial charge in [-0.2, -0.15) is 0 Å². The molecule has 0 aliphatic carbocycles. The summed E-state index contributed by atoms with van der Waals surface area (Å²) >= 11 is 0. The first-order chi connectivity index (χ1) is 17.4. The van der Waals surface area contributed by atoms with Crippen LogP contribution in [-0.2, 0) is 28.6 Å². The molecule has 2 aliphatic rings. The maximum Gasteiger partial charge on any atom is 0.224 e. The zero-order valence-corrected chi connectivity index (χ0v) is 23.1. The van der Waals surface area contributed by atoms with E-state index in [0.29, 0.717) is 36.9 Å². The summed E-state index contributed by atoms with van der Waals surface area (Å²) in [5.41, 5.74) is 4.92. The van der Waals surface area contributed by atoms with Crippen molar-refractivity contribution >= 4 is 17.5 Å². The Bertz CT molecular complexity index is 1240. The van der Waals surface area contributed by atoms with Crippen LogP contribution in [0.25, 0.3) is 0 Å². The van der Waals surface area contributed by atoms with Crippen molar-refractivity contribution in [3.63, 3.8) is 0 Å². The average molecular weight is 506 g/mol. The fourth-order valence-electron chi connectivity index (χ4n) is 5.11. The van der Waals surface area contributed by atoms with E-state index in [1.165, 1.54) is 0 Å². The summed E-state index contributed by atoms with van der Waals surface area (Å²) in [4.78, 5) is 27.5. The molecule has 0 radical (unpaired) electrons. The van der Waals surface area contributed by atoms with Gasteiger partial charge in [-0.05, 0) is 54.0 Å². The molecule has 4 rings (SSSR count). The van der Waals surface area contributed by atoms with Crippen LogP contribution in [0.1, 0.15) is 86.1 Å². The molecule has 7 heteroatoms. The van der Waals surface area contributed by atoms with Gasteiger partial charge in [-0.25, -0.2) is 0 Å². The van der Waals surface area contributed by atoms with Crippen molar-refractivity contribution in [1.82, 2.24) is 10.2 Å². The third kappa shape index (κ3) is 5.22. The number of nitrogens with one attached hydrogen (secondary N) is 2. The van der Waals surface area contributed by atoms with Crippen LogP contribution in [0.4, 0.5) is 0 Å². The quantitative estimate of drug-likeness (QED) is 0.530. The highest BCUT2D eigenvalue weighted by molar-refractivity contribution is 6.05. The van der Waals surface area contributed by atoms with Crippen LogP contribution in [0.5, 0.6) is 11.5 Å². The highest BCUT2D eigenvalue weighted by atomic mass is 16.5. The zero-order valence-electron chi connectivity index (χ0n) is 23.1. The minimum absolute atomic E-state index is 0.0251. The largest absolute Gasteiger partial charge is 0.494 e. The first-order valence-corrected chi connectivity index (χ1v) is 13.0. The Hall–Kier alpha value is -3.35. The van der Waals surface area contributed by atoms with E-state index in [1.54, 1.807) is 11.9 Å². The summed E-state index contributed by atoms with van der Waals surface area (Å²) in [5.74, 6) is 1.71. The summed E-state index contributed by atoms with van der Waals surface area (Å²) < 4.78 is 11.9. The molecule has 2 N–H and O–H groups in total. The lowest BCUT2D eigenvalue weighted by atomic mass is 9.74. The molecule has 7 nitrogen and oxygen atoms in total. The van der Waals surface area contributed by atoms with Crippen molar-refractivity contribution in [2.75, 3.05) is 26.8 Å².